The molecule has 2 aliphatic heterocycles. The summed E-state index contributed by atoms with van der Waals surface area (Å²) in [5.41, 5.74) is 5.84. The minimum absolute atomic E-state index is 0.430. The molecule has 3 atom stereocenters. The summed E-state index contributed by atoms with van der Waals surface area (Å²) >= 11 is 0. The molecule has 0 saturated carbocycles. The van der Waals surface area contributed by atoms with Gasteiger partial charge in [-0.2, -0.15) is 0 Å². The van der Waals surface area contributed by atoms with Crippen LogP contribution < -0.4 is 5.48 Å². The van der Waals surface area contributed by atoms with Crippen LogP contribution in [0.4, 0.5) is 4.39 Å². The van der Waals surface area contributed by atoms with Gasteiger partial charge in [0.2, 0.25) is 0 Å². The fourth-order valence-corrected chi connectivity index (χ4v) is 5.14. The second-order valence-corrected chi connectivity index (χ2v) is 9.64. The summed E-state index contributed by atoms with van der Waals surface area (Å²) < 4.78 is 13.4. The monoisotopic (exact) mass is 454 g/mol. The Balaban J connectivity index is 1.29. The fourth-order valence-electron chi connectivity index (χ4n) is 5.14. The second-order valence-electron chi connectivity index (χ2n) is 9.64. The summed E-state index contributed by atoms with van der Waals surface area (Å²) in [7, 11) is 0. The summed E-state index contributed by atoms with van der Waals surface area (Å²) in [6, 6.07) is 17.1. The van der Waals surface area contributed by atoms with E-state index in [4.69, 9.17) is 5.21 Å². The van der Waals surface area contributed by atoms with Gasteiger partial charge in [0, 0.05) is 63.5 Å². The molecule has 178 valence electrons. The van der Waals surface area contributed by atoms with E-state index in [1.165, 1.54) is 11.1 Å². The average molecular weight is 455 g/mol. The summed E-state index contributed by atoms with van der Waals surface area (Å²) in [6.45, 7) is 10.6. The highest BCUT2D eigenvalue weighted by Gasteiger charge is 2.29. The summed E-state index contributed by atoms with van der Waals surface area (Å²) in [5.74, 6) is -0.491. The molecule has 2 saturated heterocycles. The van der Waals surface area contributed by atoms with E-state index in [0.29, 0.717) is 30.6 Å². The smallest absolute Gasteiger partial charge is 0.274 e. The zero-order valence-electron chi connectivity index (χ0n) is 19.6. The van der Waals surface area contributed by atoms with Crippen LogP contribution in [-0.2, 0) is 19.6 Å². The number of carbonyl (C=O) groups excluding carboxylic acids is 1. The number of benzene rings is 2. The van der Waals surface area contributed by atoms with Crippen molar-refractivity contribution in [1.29, 1.82) is 0 Å². The van der Waals surface area contributed by atoms with E-state index in [2.05, 4.69) is 52.8 Å². The Bertz CT molecular complexity index is 909. The number of nitrogens with one attached hydrogen (secondary N) is 1. The first-order valence-corrected chi connectivity index (χ1v) is 11.9. The molecule has 2 aliphatic rings. The largest absolute Gasteiger partial charge is 0.296 e. The molecule has 2 fully saturated rings. The van der Waals surface area contributed by atoms with Crippen LogP contribution in [0, 0.1) is 0 Å². The van der Waals surface area contributed by atoms with E-state index in [9.17, 15) is 9.18 Å². The molecule has 2 aromatic carbocycles. The molecule has 0 radical (unpaired) electrons. The van der Waals surface area contributed by atoms with Crippen LogP contribution in [0.3, 0.4) is 0 Å². The van der Waals surface area contributed by atoms with Crippen molar-refractivity contribution >= 4 is 5.91 Å². The highest BCUT2D eigenvalue weighted by atomic mass is 19.1. The Kier molecular flexibility index (Phi) is 7.75. The van der Waals surface area contributed by atoms with Crippen molar-refractivity contribution in [3.8, 4) is 0 Å². The molecule has 0 aromatic heterocycles. The van der Waals surface area contributed by atoms with E-state index in [-0.39, 0.29) is 0 Å². The van der Waals surface area contributed by atoms with Gasteiger partial charge < -0.3 is 0 Å². The van der Waals surface area contributed by atoms with E-state index in [1.807, 2.05) is 12.1 Å². The van der Waals surface area contributed by atoms with Crippen LogP contribution >= 0.6 is 0 Å². The topological polar surface area (TPSA) is 59.1 Å². The number of alkyl halides is 1. The van der Waals surface area contributed by atoms with Crippen LogP contribution in [0.2, 0.25) is 0 Å². The molecule has 0 bridgehead atoms. The SMILES string of the molecule is C[C@@H]1CN(Cc2ccc(C(=O)NO)cc2)C[C@H](C)N1Cc1ccc(CN2CCC(F)C2)cc1. The van der Waals surface area contributed by atoms with Crippen LogP contribution in [0.15, 0.2) is 48.5 Å². The molecular formula is C26H35FN4O2. The van der Waals surface area contributed by atoms with Crippen molar-refractivity contribution in [1.82, 2.24) is 20.2 Å². The molecule has 0 spiro atoms. The number of hydrogen-bond donors (Lipinski definition) is 2. The predicted octanol–water partition coefficient (Wildman–Crippen LogP) is 3.44. The number of amides is 1. The van der Waals surface area contributed by atoms with E-state index >= 15 is 0 Å². The summed E-state index contributed by atoms with van der Waals surface area (Å²) in [5, 5.41) is 8.76. The van der Waals surface area contributed by atoms with Crippen molar-refractivity contribution < 1.29 is 14.4 Å². The van der Waals surface area contributed by atoms with Gasteiger partial charge in [-0.05, 0) is 49.1 Å². The minimum Gasteiger partial charge on any atom is -0.296 e. The first-order chi connectivity index (χ1) is 15.9. The number of piperazine rings is 1. The third-order valence-electron chi connectivity index (χ3n) is 6.91. The van der Waals surface area contributed by atoms with Gasteiger partial charge in [-0.15, -0.1) is 0 Å². The fraction of sp³-hybridized carbons (Fsp3) is 0.500. The van der Waals surface area contributed by atoms with Crippen molar-refractivity contribution in [3.05, 3.63) is 70.8 Å². The van der Waals surface area contributed by atoms with Gasteiger partial charge in [0.1, 0.15) is 6.17 Å². The van der Waals surface area contributed by atoms with E-state index < -0.39 is 12.1 Å². The maximum atomic E-state index is 13.4. The molecule has 0 aliphatic carbocycles. The number of hydrogen-bond acceptors (Lipinski definition) is 5. The third-order valence-corrected chi connectivity index (χ3v) is 6.91. The molecule has 1 amide bonds. The lowest BCUT2D eigenvalue weighted by atomic mass is 10.0. The summed E-state index contributed by atoms with van der Waals surface area (Å²) in [4.78, 5) is 18.7. The van der Waals surface area contributed by atoms with Gasteiger partial charge in [0.25, 0.3) is 5.91 Å². The number of likely N-dealkylation sites (tertiary alicyclic amines) is 1. The van der Waals surface area contributed by atoms with Gasteiger partial charge in [-0.25, -0.2) is 9.87 Å². The van der Waals surface area contributed by atoms with Crippen molar-refractivity contribution in [2.75, 3.05) is 26.2 Å². The normalized spacial score (nSPS) is 24.8. The molecular weight excluding hydrogens is 419 g/mol. The first kappa shape index (κ1) is 23.8. The Morgan fingerprint density at radius 1 is 0.879 bits per heavy atom. The predicted molar refractivity (Wildman–Crippen MR) is 127 cm³/mol. The zero-order valence-corrected chi connectivity index (χ0v) is 19.6. The van der Waals surface area contributed by atoms with Crippen LogP contribution in [0.25, 0.3) is 0 Å². The highest BCUT2D eigenvalue weighted by Crippen LogP contribution is 2.22. The lowest BCUT2D eigenvalue weighted by Crippen LogP contribution is -2.55. The second kappa shape index (κ2) is 10.7. The van der Waals surface area contributed by atoms with Crippen LogP contribution in [0.1, 0.15) is 47.3 Å². The quantitative estimate of drug-likeness (QED) is 0.496. The van der Waals surface area contributed by atoms with Crippen molar-refractivity contribution in [2.45, 2.75) is 58.2 Å². The number of halogens is 1. The summed E-state index contributed by atoms with van der Waals surface area (Å²) in [6.07, 6.45) is -0.00973. The molecule has 6 nitrogen and oxygen atoms in total. The van der Waals surface area contributed by atoms with Gasteiger partial charge in [-0.3, -0.25) is 24.7 Å². The molecule has 33 heavy (non-hydrogen) atoms. The third kappa shape index (κ3) is 6.18. The van der Waals surface area contributed by atoms with E-state index in [0.717, 1.165) is 44.8 Å². The van der Waals surface area contributed by atoms with Crippen LogP contribution in [0.5, 0.6) is 0 Å². The lowest BCUT2D eigenvalue weighted by Gasteiger charge is -2.44. The zero-order chi connectivity index (χ0) is 23.4. The molecule has 4 rings (SSSR count). The Hall–Kier alpha value is -2.32. The molecule has 2 aromatic rings. The minimum atomic E-state index is -0.668. The highest BCUT2D eigenvalue weighted by molar-refractivity contribution is 5.93. The number of carbonyl (C=O) groups is 1. The maximum absolute atomic E-state index is 13.4. The van der Waals surface area contributed by atoms with Crippen molar-refractivity contribution in [3.63, 3.8) is 0 Å². The molecule has 1 unspecified atom stereocenters. The van der Waals surface area contributed by atoms with Gasteiger partial charge in [0.05, 0.1) is 0 Å². The van der Waals surface area contributed by atoms with Gasteiger partial charge in [0.15, 0.2) is 0 Å². The Morgan fingerprint density at radius 2 is 1.39 bits per heavy atom. The Labute approximate surface area is 195 Å². The number of rotatable bonds is 7. The lowest BCUT2D eigenvalue weighted by molar-refractivity contribution is 0.0290. The molecule has 2 N–H and O–H groups in total. The first-order valence-electron chi connectivity index (χ1n) is 11.9. The average Bonchev–Trinajstić information content (AvgIpc) is 3.22. The number of hydroxylamine groups is 1. The number of nitrogens with zero attached hydrogens (tertiary/aromatic N) is 3. The Morgan fingerprint density at radius 3 is 1.91 bits per heavy atom. The molecule has 2 heterocycles. The molecule has 7 heteroatoms. The van der Waals surface area contributed by atoms with Gasteiger partial charge in [-0.1, -0.05) is 36.4 Å². The maximum Gasteiger partial charge on any atom is 0.274 e. The van der Waals surface area contributed by atoms with Gasteiger partial charge >= 0.3 is 0 Å². The van der Waals surface area contributed by atoms with Crippen molar-refractivity contribution in [2.24, 2.45) is 0 Å². The standard InChI is InChI=1S/C26H35FN4O2/c1-19-13-30(16-22-7-9-24(10-8-22)26(32)28-33)14-20(2)31(19)17-23-5-3-21(4-6-23)15-29-12-11-25(27)18-29/h3-10,19-20,25,33H,11-18H2,1-2H3,(H,28,32)/t19-,20+,25?. The van der Waals surface area contributed by atoms with E-state index in [1.54, 1.807) is 17.6 Å². The van der Waals surface area contributed by atoms with Crippen LogP contribution in [-0.4, -0.2) is 70.2 Å².